The van der Waals surface area contributed by atoms with Crippen molar-refractivity contribution in [3.8, 4) is 0 Å². The number of esters is 1. The van der Waals surface area contributed by atoms with Gasteiger partial charge in [0, 0.05) is 6.08 Å². The molecular weight excluding hydrogens is 158 g/mol. The minimum atomic E-state index is -1.31. The summed E-state index contributed by atoms with van der Waals surface area (Å²) in [6.07, 6.45) is -0.323. The van der Waals surface area contributed by atoms with Gasteiger partial charge in [-0.15, -0.1) is 0 Å². The summed E-state index contributed by atoms with van der Waals surface area (Å²) in [7, 11) is 5.56. The summed E-state index contributed by atoms with van der Waals surface area (Å²) in [6.45, 7) is 3.44. The zero-order valence-electron chi connectivity index (χ0n) is 7.74. The third-order valence-corrected chi connectivity index (χ3v) is 1.11. The highest BCUT2D eigenvalue weighted by Crippen LogP contribution is 1.94. The molecule has 0 amide bonds. The van der Waals surface area contributed by atoms with Gasteiger partial charge in [0.2, 0.25) is 0 Å². The first-order chi connectivity index (χ1) is 5.35. The van der Waals surface area contributed by atoms with E-state index in [9.17, 15) is 9.90 Å². The second-order valence-electron chi connectivity index (χ2n) is 3.54. The van der Waals surface area contributed by atoms with Gasteiger partial charge in [0.05, 0.1) is 27.4 Å². The molecule has 0 rings (SSSR count). The van der Waals surface area contributed by atoms with Crippen molar-refractivity contribution in [2.45, 2.75) is 6.29 Å². The Labute approximate surface area is 72.6 Å². The molecule has 0 bridgehead atoms. The van der Waals surface area contributed by atoms with Gasteiger partial charge in [-0.05, 0) is 0 Å². The molecule has 1 atom stereocenters. The van der Waals surface area contributed by atoms with Crippen LogP contribution in [0.2, 0.25) is 0 Å². The maximum atomic E-state index is 11.0. The van der Waals surface area contributed by atoms with Gasteiger partial charge in [-0.2, -0.15) is 0 Å². The summed E-state index contributed by atoms with van der Waals surface area (Å²) >= 11 is 0. The lowest BCUT2D eigenvalue weighted by Crippen LogP contribution is -2.48. The average molecular weight is 173 g/mol. The average Bonchev–Trinajstić information content (AvgIpc) is 1.82. The Morgan fingerprint density at radius 2 is 2.17 bits per heavy atom. The van der Waals surface area contributed by atoms with Crippen LogP contribution >= 0.6 is 0 Å². The molecule has 0 aromatic carbocycles. The van der Waals surface area contributed by atoms with Crippen LogP contribution in [0.15, 0.2) is 12.7 Å². The molecule has 0 aromatic rings. The number of hydrogen-bond acceptors (Lipinski definition) is 3. The molecule has 70 valence electrons. The third-order valence-electron chi connectivity index (χ3n) is 1.11. The van der Waals surface area contributed by atoms with Gasteiger partial charge in [0.1, 0.15) is 6.54 Å². The normalized spacial score (nSPS) is 13.7. The Morgan fingerprint density at radius 1 is 1.67 bits per heavy atom. The minimum absolute atomic E-state index is 0.250. The maximum absolute atomic E-state index is 11.0. The molecule has 1 unspecified atom stereocenters. The molecule has 12 heavy (non-hydrogen) atoms. The Morgan fingerprint density at radius 3 is 2.50 bits per heavy atom. The molecule has 0 aromatic heterocycles. The molecular formula is C8H15NO3. The number of carbonyl (C=O) groups excluding carboxylic acids is 1. The molecule has 0 aliphatic carbocycles. The van der Waals surface area contributed by atoms with Crippen molar-refractivity contribution in [1.29, 1.82) is 0 Å². The Bertz CT molecular complexity index is 172. The van der Waals surface area contributed by atoms with Gasteiger partial charge < -0.3 is 14.3 Å². The molecule has 0 aliphatic heterocycles. The standard InChI is InChI=1S/C8H15NO3/c1-5-7(10)12-8(11)6-9(2,3)4/h5,8H,1,6H2,2-4H3. The Balaban J connectivity index is 3.82. The molecule has 0 N–H and O–H groups in total. The van der Waals surface area contributed by atoms with Gasteiger partial charge in [-0.3, -0.25) is 0 Å². The van der Waals surface area contributed by atoms with E-state index in [0.29, 0.717) is 4.48 Å². The highest BCUT2D eigenvalue weighted by Gasteiger charge is 2.11. The number of likely N-dealkylation sites (N-methyl/N-ethyl adjacent to an activating group) is 1. The van der Waals surface area contributed by atoms with E-state index in [1.807, 2.05) is 21.1 Å². The molecule has 0 radical (unpaired) electrons. The van der Waals surface area contributed by atoms with Gasteiger partial charge >= 0.3 is 5.97 Å². The molecule has 0 aliphatic rings. The second-order valence-corrected chi connectivity index (χ2v) is 3.54. The highest BCUT2D eigenvalue weighted by molar-refractivity contribution is 5.81. The Hall–Kier alpha value is -0.870. The van der Waals surface area contributed by atoms with Crippen molar-refractivity contribution in [2.75, 3.05) is 27.7 Å². The van der Waals surface area contributed by atoms with Crippen molar-refractivity contribution in [3.63, 3.8) is 0 Å². The number of carbonyl (C=O) groups is 1. The van der Waals surface area contributed by atoms with Crippen molar-refractivity contribution < 1.29 is 19.1 Å². The summed E-state index contributed by atoms with van der Waals surface area (Å²) in [5.41, 5.74) is 0. The smallest absolute Gasteiger partial charge is 0.329 e. The van der Waals surface area contributed by atoms with E-state index < -0.39 is 12.3 Å². The topological polar surface area (TPSA) is 49.4 Å². The first-order valence-corrected chi connectivity index (χ1v) is 3.64. The van der Waals surface area contributed by atoms with E-state index in [2.05, 4.69) is 11.3 Å². The fraction of sp³-hybridized carbons (Fsp3) is 0.625. The predicted octanol–water partition coefficient (Wildman–Crippen LogP) is -0.892. The van der Waals surface area contributed by atoms with Crippen LogP contribution in [-0.4, -0.2) is 44.4 Å². The van der Waals surface area contributed by atoms with E-state index >= 15 is 0 Å². The van der Waals surface area contributed by atoms with Gasteiger partial charge in [-0.1, -0.05) is 6.58 Å². The molecule has 0 spiro atoms. The maximum Gasteiger partial charge on any atom is 0.329 e. The fourth-order valence-corrected chi connectivity index (χ4v) is 0.662. The van der Waals surface area contributed by atoms with E-state index in [-0.39, 0.29) is 6.54 Å². The van der Waals surface area contributed by atoms with Crippen molar-refractivity contribution >= 4 is 5.97 Å². The van der Waals surface area contributed by atoms with E-state index in [4.69, 9.17) is 0 Å². The number of quaternary nitrogens is 1. The molecule has 0 saturated heterocycles. The molecule has 4 heteroatoms. The molecule has 0 heterocycles. The summed E-state index contributed by atoms with van der Waals surface area (Å²) in [6, 6.07) is 0. The van der Waals surface area contributed by atoms with Crippen LogP contribution < -0.4 is 5.11 Å². The number of hydrogen-bond donors (Lipinski definition) is 0. The lowest BCUT2D eigenvalue weighted by atomic mass is 10.5. The zero-order chi connectivity index (χ0) is 9.78. The van der Waals surface area contributed by atoms with Crippen molar-refractivity contribution in [3.05, 3.63) is 12.7 Å². The third kappa shape index (κ3) is 5.88. The SMILES string of the molecule is C=CC(=O)OC([O-])C[N+](C)(C)C. The second kappa shape index (κ2) is 4.23. The van der Waals surface area contributed by atoms with Crippen molar-refractivity contribution in [2.24, 2.45) is 0 Å². The van der Waals surface area contributed by atoms with Crippen LogP contribution in [0.4, 0.5) is 0 Å². The van der Waals surface area contributed by atoms with Crippen LogP contribution in [0, 0.1) is 0 Å². The first-order valence-electron chi connectivity index (χ1n) is 3.64. The molecule has 4 nitrogen and oxygen atoms in total. The van der Waals surface area contributed by atoms with Crippen molar-refractivity contribution in [1.82, 2.24) is 0 Å². The van der Waals surface area contributed by atoms with E-state index in [1.54, 1.807) is 0 Å². The van der Waals surface area contributed by atoms with E-state index in [1.165, 1.54) is 0 Å². The monoisotopic (exact) mass is 173 g/mol. The lowest BCUT2D eigenvalue weighted by molar-refractivity contribution is -0.884. The summed E-state index contributed by atoms with van der Waals surface area (Å²) in [4.78, 5) is 10.6. The van der Waals surface area contributed by atoms with E-state index in [0.717, 1.165) is 6.08 Å². The van der Waals surface area contributed by atoms with Crippen LogP contribution in [0.1, 0.15) is 0 Å². The fourth-order valence-electron chi connectivity index (χ4n) is 0.662. The summed E-state index contributed by atoms with van der Waals surface area (Å²) in [5.74, 6) is -0.663. The van der Waals surface area contributed by atoms with Gasteiger partial charge in [0.25, 0.3) is 0 Å². The summed E-state index contributed by atoms with van der Waals surface area (Å²) in [5, 5.41) is 11.0. The van der Waals surface area contributed by atoms with Gasteiger partial charge in [0.15, 0.2) is 0 Å². The first kappa shape index (κ1) is 11.1. The molecule has 0 saturated carbocycles. The van der Waals surface area contributed by atoms with Crippen LogP contribution in [0.25, 0.3) is 0 Å². The largest absolute Gasteiger partial charge is 0.817 e. The Kier molecular flexibility index (Phi) is 3.92. The van der Waals surface area contributed by atoms with Gasteiger partial charge in [-0.25, -0.2) is 4.79 Å². The molecule has 0 fully saturated rings. The predicted molar refractivity (Wildman–Crippen MR) is 43.0 cm³/mol. The van der Waals surface area contributed by atoms with Crippen LogP contribution in [0.3, 0.4) is 0 Å². The summed E-state index contributed by atoms with van der Waals surface area (Å²) < 4.78 is 4.92. The quantitative estimate of drug-likeness (QED) is 0.240. The number of rotatable bonds is 4. The lowest BCUT2D eigenvalue weighted by Gasteiger charge is -2.31. The van der Waals surface area contributed by atoms with Crippen LogP contribution in [0.5, 0.6) is 0 Å². The van der Waals surface area contributed by atoms with Crippen LogP contribution in [-0.2, 0) is 9.53 Å². The minimum Gasteiger partial charge on any atom is -0.817 e. The number of ether oxygens (including phenoxy) is 1. The number of nitrogens with zero attached hydrogens (tertiary/aromatic N) is 1. The highest BCUT2D eigenvalue weighted by atomic mass is 16.6. The zero-order valence-corrected chi connectivity index (χ0v) is 7.74.